The van der Waals surface area contributed by atoms with Crippen molar-refractivity contribution in [1.82, 2.24) is 0 Å². The molecule has 1 saturated heterocycles. The summed E-state index contributed by atoms with van der Waals surface area (Å²) in [6.07, 6.45) is 4.34. The highest BCUT2D eigenvalue weighted by atomic mass is 32.2. The zero-order chi connectivity index (χ0) is 6.97. The second kappa shape index (κ2) is 2.74. The molecule has 2 rings (SSSR count). The second-order valence-corrected chi connectivity index (χ2v) is 4.79. The van der Waals surface area contributed by atoms with Gasteiger partial charge < -0.3 is 5.73 Å². The van der Waals surface area contributed by atoms with Crippen LogP contribution < -0.4 is 5.73 Å². The molecule has 0 bridgehead atoms. The summed E-state index contributed by atoms with van der Waals surface area (Å²) in [5, 5.41) is 0.994. The summed E-state index contributed by atoms with van der Waals surface area (Å²) < 4.78 is 0. The van der Waals surface area contributed by atoms with Gasteiger partial charge in [-0.1, -0.05) is 0 Å². The molecule has 0 spiro atoms. The van der Waals surface area contributed by atoms with Gasteiger partial charge >= 0.3 is 0 Å². The van der Waals surface area contributed by atoms with Crippen molar-refractivity contribution in [1.29, 1.82) is 0 Å². The lowest BCUT2D eigenvalue weighted by Gasteiger charge is -2.05. The Morgan fingerprint density at radius 3 is 2.90 bits per heavy atom. The summed E-state index contributed by atoms with van der Waals surface area (Å²) in [6, 6.07) is 0. The van der Waals surface area contributed by atoms with Gasteiger partial charge in [0, 0.05) is 5.25 Å². The summed E-state index contributed by atoms with van der Waals surface area (Å²) in [7, 11) is 0. The van der Waals surface area contributed by atoms with Gasteiger partial charge in [0.2, 0.25) is 0 Å². The third-order valence-electron chi connectivity index (χ3n) is 2.72. The smallest absolute Gasteiger partial charge is 0.00788 e. The van der Waals surface area contributed by atoms with Crippen molar-refractivity contribution in [3.05, 3.63) is 0 Å². The Labute approximate surface area is 66.7 Å². The van der Waals surface area contributed by atoms with Gasteiger partial charge in [0.15, 0.2) is 0 Å². The van der Waals surface area contributed by atoms with Crippen LogP contribution in [0.3, 0.4) is 0 Å². The van der Waals surface area contributed by atoms with E-state index in [9.17, 15) is 0 Å². The summed E-state index contributed by atoms with van der Waals surface area (Å²) in [5.41, 5.74) is 5.58. The van der Waals surface area contributed by atoms with E-state index in [0.717, 1.165) is 23.6 Å². The molecule has 3 atom stereocenters. The Balaban J connectivity index is 1.79. The van der Waals surface area contributed by atoms with Crippen molar-refractivity contribution < 1.29 is 0 Å². The molecule has 0 radical (unpaired) electrons. The van der Waals surface area contributed by atoms with Crippen molar-refractivity contribution in [3.8, 4) is 0 Å². The van der Waals surface area contributed by atoms with Crippen molar-refractivity contribution >= 4 is 11.8 Å². The van der Waals surface area contributed by atoms with Crippen LogP contribution in [0.1, 0.15) is 19.3 Å². The third-order valence-corrected chi connectivity index (χ3v) is 4.26. The average molecular weight is 157 g/mol. The highest BCUT2D eigenvalue weighted by molar-refractivity contribution is 8.00. The Hall–Kier alpha value is 0.310. The van der Waals surface area contributed by atoms with Crippen LogP contribution >= 0.6 is 11.8 Å². The van der Waals surface area contributed by atoms with Crippen molar-refractivity contribution in [2.75, 3.05) is 12.3 Å². The van der Waals surface area contributed by atoms with Gasteiger partial charge in [-0.25, -0.2) is 0 Å². The lowest BCUT2D eigenvalue weighted by Crippen LogP contribution is -2.08. The normalized spacial score (nSPS) is 45.9. The second-order valence-electron chi connectivity index (χ2n) is 3.45. The maximum atomic E-state index is 5.58. The van der Waals surface area contributed by atoms with Crippen molar-refractivity contribution in [2.24, 2.45) is 17.6 Å². The first-order valence-electron chi connectivity index (χ1n) is 4.23. The fraction of sp³-hybridized carbons (Fsp3) is 1.00. The first kappa shape index (κ1) is 6.99. The molecule has 2 heteroatoms. The van der Waals surface area contributed by atoms with E-state index in [-0.39, 0.29) is 0 Å². The molecule has 1 aliphatic carbocycles. The van der Waals surface area contributed by atoms with Crippen LogP contribution in [0.5, 0.6) is 0 Å². The number of hydrogen-bond donors (Lipinski definition) is 1. The third kappa shape index (κ3) is 1.19. The van der Waals surface area contributed by atoms with Gasteiger partial charge in [0.05, 0.1) is 0 Å². The van der Waals surface area contributed by atoms with E-state index in [4.69, 9.17) is 5.73 Å². The molecule has 1 heterocycles. The van der Waals surface area contributed by atoms with Crippen LogP contribution in [0.25, 0.3) is 0 Å². The summed E-state index contributed by atoms with van der Waals surface area (Å²) >= 11 is 2.18. The van der Waals surface area contributed by atoms with E-state index in [0.29, 0.717) is 0 Å². The quantitative estimate of drug-likeness (QED) is 0.657. The van der Waals surface area contributed by atoms with Crippen LogP contribution in [-0.4, -0.2) is 17.5 Å². The summed E-state index contributed by atoms with van der Waals surface area (Å²) in [4.78, 5) is 0. The minimum absolute atomic E-state index is 0.899. The Morgan fingerprint density at radius 2 is 2.40 bits per heavy atom. The first-order chi connectivity index (χ1) is 4.92. The SMILES string of the molecule is NCC1CC1C1CCCS1. The molecule has 0 aromatic heterocycles. The van der Waals surface area contributed by atoms with Crippen LogP contribution in [0.4, 0.5) is 0 Å². The van der Waals surface area contributed by atoms with E-state index in [2.05, 4.69) is 11.8 Å². The Morgan fingerprint density at radius 1 is 1.50 bits per heavy atom. The minimum atomic E-state index is 0.899. The predicted octanol–water partition coefficient (Wildman–Crippen LogP) is 1.48. The van der Waals surface area contributed by atoms with E-state index in [1.54, 1.807) is 0 Å². The van der Waals surface area contributed by atoms with Gasteiger partial charge in [-0.3, -0.25) is 0 Å². The van der Waals surface area contributed by atoms with Gasteiger partial charge in [-0.15, -0.1) is 0 Å². The minimum Gasteiger partial charge on any atom is -0.330 e. The fourth-order valence-corrected chi connectivity index (χ4v) is 3.49. The number of rotatable bonds is 2. The van der Waals surface area contributed by atoms with E-state index in [1.165, 1.54) is 25.0 Å². The molecule has 2 aliphatic rings. The maximum Gasteiger partial charge on any atom is 0.00788 e. The molecule has 0 amide bonds. The lowest BCUT2D eigenvalue weighted by atomic mass is 10.1. The van der Waals surface area contributed by atoms with E-state index >= 15 is 0 Å². The molecule has 0 aromatic carbocycles. The monoisotopic (exact) mass is 157 g/mol. The first-order valence-corrected chi connectivity index (χ1v) is 5.28. The Kier molecular flexibility index (Phi) is 1.92. The number of thioether (sulfide) groups is 1. The van der Waals surface area contributed by atoms with Gasteiger partial charge in [-0.05, 0) is 43.4 Å². The highest BCUT2D eigenvalue weighted by Gasteiger charge is 2.42. The molecule has 1 nitrogen and oxygen atoms in total. The van der Waals surface area contributed by atoms with Gasteiger partial charge in [0.1, 0.15) is 0 Å². The van der Waals surface area contributed by atoms with E-state index in [1.807, 2.05) is 0 Å². The molecule has 0 aromatic rings. The number of nitrogens with two attached hydrogens (primary N) is 1. The molecule has 2 fully saturated rings. The molecular formula is C8H15NS. The lowest BCUT2D eigenvalue weighted by molar-refractivity contribution is 0.644. The number of hydrogen-bond acceptors (Lipinski definition) is 2. The molecule has 2 N–H and O–H groups in total. The van der Waals surface area contributed by atoms with Crippen LogP contribution in [0.15, 0.2) is 0 Å². The molecule has 1 aliphatic heterocycles. The van der Waals surface area contributed by atoms with E-state index < -0.39 is 0 Å². The van der Waals surface area contributed by atoms with Gasteiger partial charge in [-0.2, -0.15) is 11.8 Å². The summed E-state index contributed by atoms with van der Waals surface area (Å²) in [6.45, 7) is 0.932. The van der Waals surface area contributed by atoms with Crippen LogP contribution in [-0.2, 0) is 0 Å². The standard InChI is InChI=1S/C8H15NS/c9-5-6-4-7(6)8-2-1-3-10-8/h6-8H,1-5,9H2. The maximum absolute atomic E-state index is 5.58. The zero-order valence-corrected chi connectivity index (χ0v) is 7.07. The Bertz CT molecular complexity index is 120. The average Bonchev–Trinajstić information content (AvgIpc) is 2.56. The van der Waals surface area contributed by atoms with Crippen LogP contribution in [0.2, 0.25) is 0 Å². The molecule has 10 heavy (non-hydrogen) atoms. The summed E-state index contributed by atoms with van der Waals surface area (Å²) in [5.74, 6) is 3.31. The fourth-order valence-electron chi connectivity index (χ4n) is 1.94. The van der Waals surface area contributed by atoms with Crippen molar-refractivity contribution in [3.63, 3.8) is 0 Å². The zero-order valence-electron chi connectivity index (χ0n) is 6.25. The highest BCUT2D eigenvalue weighted by Crippen LogP contribution is 2.48. The molecule has 1 saturated carbocycles. The van der Waals surface area contributed by atoms with Crippen LogP contribution in [0, 0.1) is 11.8 Å². The largest absolute Gasteiger partial charge is 0.330 e. The van der Waals surface area contributed by atoms with Crippen molar-refractivity contribution in [2.45, 2.75) is 24.5 Å². The molecular weight excluding hydrogens is 142 g/mol. The van der Waals surface area contributed by atoms with Gasteiger partial charge in [0.25, 0.3) is 0 Å². The topological polar surface area (TPSA) is 26.0 Å². The predicted molar refractivity (Wildman–Crippen MR) is 46.1 cm³/mol. The molecule has 58 valence electrons. The molecule has 3 unspecified atom stereocenters.